The number of fused-ring (bicyclic) bond motifs is 1. The lowest BCUT2D eigenvalue weighted by Crippen LogP contribution is -2.41. The highest BCUT2D eigenvalue weighted by Gasteiger charge is 2.48. The van der Waals surface area contributed by atoms with Gasteiger partial charge in [0.1, 0.15) is 5.58 Å². The number of unbranched alkanes of at least 4 members (excludes halogenated alkanes) is 1. The second kappa shape index (κ2) is 12.3. The number of rotatable bonds is 10. The van der Waals surface area contributed by atoms with E-state index < -0.39 is 17.9 Å². The summed E-state index contributed by atoms with van der Waals surface area (Å²) in [5, 5.41) is 12.1. The summed E-state index contributed by atoms with van der Waals surface area (Å²) >= 11 is 6.28. The molecule has 3 atom stereocenters. The van der Waals surface area contributed by atoms with Gasteiger partial charge in [0.25, 0.3) is 0 Å². The van der Waals surface area contributed by atoms with Crippen LogP contribution in [0.25, 0.3) is 11.0 Å². The monoisotopic (exact) mass is 558 g/mol. The summed E-state index contributed by atoms with van der Waals surface area (Å²) in [5.74, 6) is -1.95. The summed E-state index contributed by atoms with van der Waals surface area (Å²) < 4.78 is 5.52. The number of carboxylic acids is 1. The molecule has 0 unspecified atom stereocenters. The Hall–Kier alpha value is -3.61. The summed E-state index contributed by atoms with van der Waals surface area (Å²) in [6.45, 7) is 5.31. The standard InChI is InChI=1S/C33H35ClN2O4/c1-3-5-16-36(27-8-6-7-26(34)19-27)30(37)21-35-20-28(24-13-14-29-25(18-24)15-17-40-29)31(33(38)39)32(35)23-11-9-22(4-2)10-12-23/h6-15,17-19,28,31-32H,3-5,16,20-21H2,1-2H3,(H,38,39)/t28-,31+,32-/m1/s1. The van der Waals surface area contributed by atoms with Gasteiger partial charge in [0, 0.05) is 41.1 Å². The number of nitrogens with zero attached hydrogens (tertiary/aromatic N) is 2. The highest BCUT2D eigenvalue weighted by Crippen LogP contribution is 2.46. The van der Waals surface area contributed by atoms with Crippen molar-refractivity contribution in [3.8, 4) is 0 Å². The van der Waals surface area contributed by atoms with E-state index in [0.29, 0.717) is 18.1 Å². The van der Waals surface area contributed by atoms with Gasteiger partial charge in [-0.1, -0.05) is 68.3 Å². The Kier molecular flexibility index (Phi) is 8.57. The number of halogens is 1. The van der Waals surface area contributed by atoms with Crippen molar-refractivity contribution in [1.29, 1.82) is 0 Å². The first-order valence-electron chi connectivity index (χ1n) is 14.0. The Morgan fingerprint density at radius 3 is 2.50 bits per heavy atom. The number of likely N-dealkylation sites (tertiary alicyclic amines) is 1. The largest absolute Gasteiger partial charge is 0.481 e. The Morgan fingerprint density at radius 2 is 1.80 bits per heavy atom. The van der Waals surface area contributed by atoms with Crippen LogP contribution >= 0.6 is 11.6 Å². The zero-order valence-electron chi connectivity index (χ0n) is 22.9. The highest BCUT2D eigenvalue weighted by molar-refractivity contribution is 6.30. The molecule has 1 saturated heterocycles. The molecule has 3 aromatic carbocycles. The topological polar surface area (TPSA) is 74.0 Å². The number of benzene rings is 3. The lowest BCUT2D eigenvalue weighted by atomic mass is 9.82. The number of hydrogen-bond donors (Lipinski definition) is 1. The van der Waals surface area contributed by atoms with Crippen molar-refractivity contribution < 1.29 is 19.1 Å². The summed E-state index contributed by atoms with van der Waals surface area (Å²) in [6.07, 6.45) is 4.34. The van der Waals surface area contributed by atoms with E-state index in [1.807, 2.05) is 54.6 Å². The predicted molar refractivity (Wildman–Crippen MR) is 159 cm³/mol. The minimum atomic E-state index is -0.866. The van der Waals surface area contributed by atoms with Crippen LogP contribution < -0.4 is 4.90 Å². The molecule has 0 spiro atoms. The number of carboxylic acid groups (broad SMARTS) is 1. The first-order valence-corrected chi connectivity index (χ1v) is 14.4. The van der Waals surface area contributed by atoms with E-state index in [1.54, 1.807) is 17.2 Å². The van der Waals surface area contributed by atoms with Crippen molar-refractivity contribution in [2.45, 2.75) is 45.1 Å². The molecular formula is C33H35ClN2O4. The average molecular weight is 559 g/mol. The number of anilines is 1. The van der Waals surface area contributed by atoms with Crippen LogP contribution in [0.1, 0.15) is 55.3 Å². The van der Waals surface area contributed by atoms with E-state index in [0.717, 1.165) is 47.0 Å². The van der Waals surface area contributed by atoms with Gasteiger partial charge in [0.05, 0.1) is 18.7 Å². The summed E-state index contributed by atoms with van der Waals surface area (Å²) in [7, 11) is 0. The quantitative estimate of drug-likeness (QED) is 0.221. The molecular weight excluding hydrogens is 524 g/mol. The third-order valence-electron chi connectivity index (χ3n) is 8.01. The van der Waals surface area contributed by atoms with Crippen molar-refractivity contribution in [2.24, 2.45) is 5.92 Å². The van der Waals surface area contributed by atoms with Gasteiger partial charge < -0.3 is 14.4 Å². The second-order valence-electron chi connectivity index (χ2n) is 10.5. The minimum absolute atomic E-state index is 0.0685. The first-order chi connectivity index (χ1) is 19.4. The fraction of sp³-hybridized carbons (Fsp3) is 0.333. The molecule has 1 aromatic heterocycles. The maximum atomic E-state index is 13.9. The van der Waals surface area contributed by atoms with Crippen LogP contribution in [0.15, 0.2) is 83.5 Å². The molecule has 4 aromatic rings. The fourth-order valence-electron chi connectivity index (χ4n) is 5.91. The molecule has 208 valence electrons. The van der Waals surface area contributed by atoms with E-state index in [4.69, 9.17) is 16.0 Å². The van der Waals surface area contributed by atoms with Crippen LogP contribution in [0.5, 0.6) is 0 Å². The van der Waals surface area contributed by atoms with Crippen LogP contribution in [-0.2, 0) is 16.0 Å². The van der Waals surface area contributed by atoms with Gasteiger partial charge in [0.2, 0.25) is 5.91 Å². The van der Waals surface area contributed by atoms with Crippen molar-refractivity contribution in [2.75, 3.05) is 24.5 Å². The molecule has 6 nitrogen and oxygen atoms in total. The third-order valence-corrected chi connectivity index (χ3v) is 8.25. The molecule has 0 aliphatic carbocycles. The Morgan fingerprint density at radius 1 is 1.02 bits per heavy atom. The van der Waals surface area contributed by atoms with Crippen molar-refractivity contribution in [3.63, 3.8) is 0 Å². The fourth-order valence-corrected chi connectivity index (χ4v) is 6.10. The van der Waals surface area contributed by atoms with Crippen LogP contribution in [0.2, 0.25) is 5.02 Å². The summed E-state index contributed by atoms with van der Waals surface area (Å²) in [4.78, 5) is 30.7. The van der Waals surface area contributed by atoms with Crippen LogP contribution in [-0.4, -0.2) is 41.5 Å². The van der Waals surface area contributed by atoms with E-state index in [9.17, 15) is 14.7 Å². The summed E-state index contributed by atoms with van der Waals surface area (Å²) in [6, 6.07) is 22.8. The molecule has 1 N–H and O–H groups in total. The van der Waals surface area contributed by atoms with Gasteiger partial charge in [-0.2, -0.15) is 0 Å². The van der Waals surface area contributed by atoms with E-state index in [1.165, 1.54) is 5.56 Å². The lowest BCUT2D eigenvalue weighted by molar-refractivity contribution is -0.143. The maximum absolute atomic E-state index is 13.9. The molecule has 1 aliphatic rings. The van der Waals surface area contributed by atoms with Gasteiger partial charge in [-0.3, -0.25) is 14.5 Å². The number of furan rings is 1. The number of hydrogen-bond acceptors (Lipinski definition) is 4. The predicted octanol–water partition coefficient (Wildman–Crippen LogP) is 7.32. The second-order valence-corrected chi connectivity index (χ2v) is 11.0. The number of amides is 1. The average Bonchev–Trinajstić information content (AvgIpc) is 3.58. The van der Waals surface area contributed by atoms with E-state index in [2.05, 4.69) is 30.9 Å². The lowest BCUT2D eigenvalue weighted by Gasteiger charge is -2.30. The molecule has 2 heterocycles. The molecule has 7 heteroatoms. The van der Waals surface area contributed by atoms with Gasteiger partial charge >= 0.3 is 5.97 Å². The van der Waals surface area contributed by atoms with Gasteiger partial charge in [0.15, 0.2) is 0 Å². The number of aliphatic carboxylic acids is 1. The van der Waals surface area contributed by atoms with Crippen LogP contribution in [0, 0.1) is 5.92 Å². The number of carbonyl (C=O) groups is 2. The van der Waals surface area contributed by atoms with Gasteiger partial charge in [-0.15, -0.1) is 0 Å². The SMILES string of the molecule is CCCCN(C(=O)CN1C[C@H](c2ccc3occc3c2)[C@H](C(=O)O)[C@H]1c1ccc(CC)cc1)c1cccc(Cl)c1. The number of aryl methyl sites for hydroxylation is 1. The van der Waals surface area contributed by atoms with Crippen molar-refractivity contribution in [3.05, 3.63) is 101 Å². The minimum Gasteiger partial charge on any atom is -0.481 e. The third kappa shape index (κ3) is 5.79. The van der Waals surface area contributed by atoms with E-state index >= 15 is 0 Å². The highest BCUT2D eigenvalue weighted by atomic mass is 35.5. The molecule has 0 radical (unpaired) electrons. The molecule has 0 saturated carbocycles. The number of carbonyl (C=O) groups excluding carboxylic acids is 1. The van der Waals surface area contributed by atoms with Crippen LogP contribution in [0.3, 0.4) is 0 Å². The molecule has 1 fully saturated rings. The van der Waals surface area contributed by atoms with Gasteiger partial charge in [-0.25, -0.2) is 0 Å². The smallest absolute Gasteiger partial charge is 0.309 e. The maximum Gasteiger partial charge on any atom is 0.309 e. The normalized spacial score (nSPS) is 19.2. The molecule has 5 rings (SSSR count). The molecule has 40 heavy (non-hydrogen) atoms. The van der Waals surface area contributed by atoms with Gasteiger partial charge in [-0.05, 0) is 65.9 Å². The molecule has 1 amide bonds. The molecule has 1 aliphatic heterocycles. The molecule has 0 bridgehead atoms. The Bertz CT molecular complexity index is 1480. The zero-order chi connectivity index (χ0) is 28.2. The first kappa shape index (κ1) is 27.9. The van der Waals surface area contributed by atoms with Crippen molar-refractivity contribution >= 4 is 40.1 Å². The Balaban J connectivity index is 1.52. The van der Waals surface area contributed by atoms with E-state index in [-0.39, 0.29) is 18.4 Å². The van der Waals surface area contributed by atoms with Crippen molar-refractivity contribution in [1.82, 2.24) is 4.90 Å². The van der Waals surface area contributed by atoms with Crippen LogP contribution in [0.4, 0.5) is 5.69 Å². The summed E-state index contributed by atoms with van der Waals surface area (Å²) in [5.41, 5.74) is 4.55. The Labute approximate surface area is 240 Å². The zero-order valence-corrected chi connectivity index (χ0v) is 23.7.